The van der Waals surface area contributed by atoms with Gasteiger partial charge in [-0.2, -0.15) is 0 Å². The van der Waals surface area contributed by atoms with E-state index in [1.807, 2.05) is 24.3 Å². The summed E-state index contributed by atoms with van der Waals surface area (Å²) in [6, 6.07) is 8.83. The van der Waals surface area contributed by atoms with Gasteiger partial charge in [-0.05, 0) is 43.2 Å². The highest BCUT2D eigenvalue weighted by atomic mass is 35.5. The molecule has 1 N–H and O–H groups in total. The molecule has 114 valence electrons. The monoisotopic (exact) mass is 319 g/mol. The molecule has 1 amide bonds. The van der Waals surface area contributed by atoms with E-state index in [9.17, 15) is 9.18 Å². The van der Waals surface area contributed by atoms with Crippen molar-refractivity contribution in [3.8, 4) is 0 Å². The number of hydrogen-bond acceptors (Lipinski definition) is 3. The number of pyridine rings is 1. The van der Waals surface area contributed by atoms with Crippen molar-refractivity contribution in [1.82, 2.24) is 4.98 Å². The average Bonchev–Trinajstić information content (AvgIpc) is 3.05. The van der Waals surface area contributed by atoms with Gasteiger partial charge in [0.05, 0.1) is 5.56 Å². The first-order chi connectivity index (χ1) is 10.6. The van der Waals surface area contributed by atoms with Crippen LogP contribution in [0, 0.1) is 5.82 Å². The van der Waals surface area contributed by atoms with E-state index in [2.05, 4.69) is 15.2 Å². The molecule has 1 aliphatic heterocycles. The zero-order chi connectivity index (χ0) is 15.5. The molecule has 4 nitrogen and oxygen atoms in total. The van der Waals surface area contributed by atoms with Crippen LogP contribution in [0.3, 0.4) is 0 Å². The molecule has 0 radical (unpaired) electrons. The number of carbonyl (C=O) groups excluding carboxylic acids is 1. The van der Waals surface area contributed by atoms with Crippen molar-refractivity contribution in [1.29, 1.82) is 0 Å². The zero-order valence-electron chi connectivity index (χ0n) is 11.9. The predicted octanol–water partition coefficient (Wildman–Crippen LogP) is 3.73. The van der Waals surface area contributed by atoms with Crippen LogP contribution in [0.2, 0.25) is 5.15 Å². The van der Waals surface area contributed by atoms with Crippen LogP contribution < -0.4 is 10.2 Å². The van der Waals surface area contributed by atoms with Crippen LogP contribution in [-0.2, 0) is 0 Å². The van der Waals surface area contributed by atoms with Gasteiger partial charge in [0.2, 0.25) is 0 Å². The molecule has 0 unspecified atom stereocenters. The Morgan fingerprint density at radius 1 is 1.18 bits per heavy atom. The lowest BCUT2D eigenvalue weighted by molar-refractivity contribution is 0.102. The van der Waals surface area contributed by atoms with E-state index in [-0.39, 0.29) is 10.7 Å². The molecule has 1 fully saturated rings. The summed E-state index contributed by atoms with van der Waals surface area (Å²) >= 11 is 5.58. The minimum Gasteiger partial charge on any atom is -0.372 e. The molecule has 0 atom stereocenters. The number of carbonyl (C=O) groups is 1. The van der Waals surface area contributed by atoms with E-state index in [4.69, 9.17) is 11.6 Å². The second kappa shape index (κ2) is 6.32. The summed E-state index contributed by atoms with van der Waals surface area (Å²) < 4.78 is 13.8. The third-order valence-electron chi connectivity index (χ3n) is 3.69. The van der Waals surface area contributed by atoms with Crippen LogP contribution in [0.1, 0.15) is 23.2 Å². The van der Waals surface area contributed by atoms with Crippen molar-refractivity contribution < 1.29 is 9.18 Å². The molecule has 1 aromatic carbocycles. The molecule has 3 rings (SSSR count). The van der Waals surface area contributed by atoms with Gasteiger partial charge in [0.1, 0.15) is 0 Å². The highest BCUT2D eigenvalue weighted by molar-refractivity contribution is 6.30. The molecule has 0 saturated carbocycles. The minimum atomic E-state index is -0.810. The summed E-state index contributed by atoms with van der Waals surface area (Å²) in [6.45, 7) is 2.12. The number of nitrogens with one attached hydrogen (secondary N) is 1. The molecule has 2 aromatic rings. The molecule has 22 heavy (non-hydrogen) atoms. The van der Waals surface area contributed by atoms with E-state index >= 15 is 0 Å². The summed E-state index contributed by atoms with van der Waals surface area (Å²) in [7, 11) is 0. The first-order valence-electron chi connectivity index (χ1n) is 7.11. The Balaban J connectivity index is 1.72. The summed E-state index contributed by atoms with van der Waals surface area (Å²) in [5.74, 6) is -1.36. The normalized spacial score (nSPS) is 14.2. The van der Waals surface area contributed by atoms with Crippen molar-refractivity contribution in [2.24, 2.45) is 0 Å². The number of amides is 1. The Morgan fingerprint density at radius 2 is 1.86 bits per heavy atom. The molecule has 1 saturated heterocycles. The lowest BCUT2D eigenvalue weighted by atomic mass is 10.2. The summed E-state index contributed by atoms with van der Waals surface area (Å²) in [4.78, 5) is 18.0. The lowest BCUT2D eigenvalue weighted by Gasteiger charge is -2.17. The average molecular weight is 320 g/mol. The number of benzene rings is 1. The largest absolute Gasteiger partial charge is 0.372 e. The van der Waals surface area contributed by atoms with Gasteiger partial charge in [-0.3, -0.25) is 4.79 Å². The minimum absolute atomic E-state index is 0.122. The maximum absolute atomic E-state index is 13.8. The van der Waals surface area contributed by atoms with Crippen LogP contribution >= 0.6 is 11.6 Å². The summed E-state index contributed by atoms with van der Waals surface area (Å²) in [6.07, 6.45) is 3.72. The van der Waals surface area contributed by atoms with E-state index in [0.29, 0.717) is 5.69 Å². The van der Waals surface area contributed by atoms with Gasteiger partial charge < -0.3 is 10.2 Å². The highest BCUT2D eigenvalue weighted by Crippen LogP contribution is 2.23. The van der Waals surface area contributed by atoms with Crippen molar-refractivity contribution in [3.63, 3.8) is 0 Å². The summed E-state index contributed by atoms with van der Waals surface area (Å²) in [5, 5.41) is 2.35. The van der Waals surface area contributed by atoms with Crippen LogP contribution in [0.4, 0.5) is 15.8 Å². The Kier molecular flexibility index (Phi) is 4.24. The molecular formula is C16H15ClFN3O. The van der Waals surface area contributed by atoms with Crippen molar-refractivity contribution >= 4 is 28.9 Å². The Labute approximate surface area is 132 Å². The van der Waals surface area contributed by atoms with Crippen LogP contribution in [0.15, 0.2) is 36.5 Å². The molecular weight excluding hydrogens is 305 g/mol. The Bertz CT molecular complexity index is 684. The lowest BCUT2D eigenvalue weighted by Crippen LogP contribution is -2.18. The quantitative estimate of drug-likeness (QED) is 0.877. The third-order valence-corrected chi connectivity index (χ3v) is 3.95. The molecule has 1 aliphatic rings. The first kappa shape index (κ1) is 14.8. The van der Waals surface area contributed by atoms with Gasteiger partial charge in [-0.25, -0.2) is 9.37 Å². The van der Waals surface area contributed by atoms with Gasteiger partial charge in [0, 0.05) is 30.7 Å². The van der Waals surface area contributed by atoms with Crippen LogP contribution in [-0.4, -0.2) is 24.0 Å². The van der Waals surface area contributed by atoms with Crippen molar-refractivity contribution in [3.05, 3.63) is 53.1 Å². The topological polar surface area (TPSA) is 45.2 Å². The van der Waals surface area contributed by atoms with E-state index in [1.165, 1.54) is 25.1 Å². The first-order valence-corrected chi connectivity index (χ1v) is 7.49. The van der Waals surface area contributed by atoms with Gasteiger partial charge in [0.25, 0.3) is 5.91 Å². The molecule has 0 spiro atoms. The van der Waals surface area contributed by atoms with Crippen LogP contribution in [0.5, 0.6) is 0 Å². The second-order valence-electron chi connectivity index (χ2n) is 5.16. The molecule has 2 heterocycles. The number of anilines is 2. The number of halogens is 2. The fraction of sp³-hybridized carbons (Fsp3) is 0.250. The number of nitrogens with zero attached hydrogens (tertiary/aromatic N) is 2. The molecule has 0 aliphatic carbocycles. The van der Waals surface area contributed by atoms with E-state index < -0.39 is 11.7 Å². The van der Waals surface area contributed by atoms with E-state index in [0.717, 1.165) is 18.8 Å². The van der Waals surface area contributed by atoms with Crippen molar-refractivity contribution in [2.45, 2.75) is 12.8 Å². The number of rotatable bonds is 3. The second-order valence-corrected chi connectivity index (χ2v) is 5.52. The predicted molar refractivity (Wildman–Crippen MR) is 85.0 cm³/mol. The summed E-state index contributed by atoms with van der Waals surface area (Å²) in [5.41, 5.74) is 1.62. The molecule has 1 aromatic heterocycles. The fourth-order valence-corrected chi connectivity index (χ4v) is 2.68. The zero-order valence-corrected chi connectivity index (χ0v) is 12.6. The molecule has 0 bridgehead atoms. The SMILES string of the molecule is O=C(Nc1ccc(N2CCCC2)cc1)c1ccnc(Cl)c1F. The maximum Gasteiger partial charge on any atom is 0.258 e. The fourth-order valence-electron chi connectivity index (χ4n) is 2.52. The van der Waals surface area contributed by atoms with Gasteiger partial charge in [-0.1, -0.05) is 11.6 Å². The highest BCUT2D eigenvalue weighted by Gasteiger charge is 2.16. The van der Waals surface area contributed by atoms with E-state index in [1.54, 1.807) is 0 Å². The number of aromatic nitrogens is 1. The molecule has 6 heteroatoms. The standard InChI is InChI=1S/C16H15ClFN3O/c17-15-14(18)13(7-8-19-15)16(22)20-11-3-5-12(6-4-11)21-9-1-2-10-21/h3-8H,1-2,9-10H2,(H,20,22). The Hall–Kier alpha value is -2.14. The third kappa shape index (κ3) is 3.04. The van der Waals surface area contributed by atoms with Gasteiger partial charge in [0.15, 0.2) is 11.0 Å². The van der Waals surface area contributed by atoms with Crippen molar-refractivity contribution in [2.75, 3.05) is 23.3 Å². The number of hydrogen-bond donors (Lipinski definition) is 1. The maximum atomic E-state index is 13.8. The smallest absolute Gasteiger partial charge is 0.258 e. The Morgan fingerprint density at radius 3 is 2.55 bits per heavy atom. The van der Waals surface area contributed by atoms with Gasteiger partial charge in [-0.15, -0.1) is 0 Å². The van der Waals surface area contributed by atoms with Crippen LogP contribution in [0.25, 0.3) is 0 Å². The van der Waals surface area contributed by atoms with Gasteiger partial charge >= 0.3 is 0 Å².